The molecule has 1 saturated heterocycles. The van der Waals surface area contributed by atoms with Gasteiger partial charge >= 0.3 is 0 Å². The van der Waals surface area contributed by atoms with Crippen molar-refractivity contribution in [1.82, 2.24) is 15.2 Å². The Morgan fingerprint density at radius 1 is 1.13 bits per heavy atom. The van der Waals surface area contributed by atoms with Gasteiger partial charge in [0.1, 0.15) is 5.82 Å². The van der Waals surface area contributed by atoms with Gasteiger partial charge in [0.15, 0.2) is 0 Å². The van der Waals surface area contributed by atoms with Crippen LogP contribution in [0.1, 0.15) is 22.3 Å². The summed E-state index contributed by atoms with van der Waals surface area (Å²) in [6, 6.07) is 17.5. The third-order valence-electron chi connectivity index (χ3n) is 5.94. The summed E-state index contributed by atoms with van der Waals surface area (Å²) >= 11 is 0. The van der Waals surface area contributed by atoms with Gasteiger partial charge in [-0.1, -0.05) is 36.4 Å². The van der Waals surface area contributed by atoms with Gasteiger partial charge in [0.05, 0.1) is 5.41 Å². The van der Waals surface area contributed by atoms with Gasteiger partial charge < -0.3 is 10.2 Å². The number of likely N-dealkylation sites (tertiary alicyclic amines) is 1. The summed E-state index contributed by atoms with van der Waals surface area (Å²) in [7, 11) is 1.62. The molecule has 1 fully saturated rings. The number of hydrogen-bond acceptors (Lipinski definition) is 3. The largest absolute Gasteiger partial charge is 0.359 e. The fourth-order valence-corrected chi connectivity index (χ4v) is 4.37. The first-order valence-corrected chi connectivity index (χ1v) is 10.3. The van der Waals surface area contributed by atoms with E-state index in [2.05, 4.69) is 10.3 Å². The Balaban J connectivity index is 1.64. The van der Waals surface area contributed by atoms with Gasteiger partial charge in [-0.2, -0.15) is 0 Å². The zero-order valence-electron chi connectivity index (χ0n) is 17.3. The third kappa shape index (κ3) is 4.19. The number of amides is 2. The van der Waals surface area contributed by atoms with Crippen LogP contribution >= 0.6 is 0 Å². The first kappa shape index (κ1) is 20.7. The predicted molar refractivity (Wildman–Crippen MR) is 117 cm³/mol. The van der Waals surface area contributed by atoms with Crippen LogP contribution in [0, 0.1) is 11.2 Å². The van der Waals surface area contributed by atoms with Crippen molar-refractivity contribution in [3.63, 3.8) is 0 Å². The van der Waals surface area contributed by atoms with Gasteiger partial charge in [0.2, 0.25) is 5.91 Å². The summed E-state index contributed by atoms with van der Waals surface area (Å²) in [4.78, 5) is 31.8. The number of nitrogens with zero attached hydrogens (tertiary/aromatic N) is 2. The fourth-order valence-electron chi connectivity index (χ4n) is 4.37. The SMILES string of the molecule is CNC(=O)[C@]1(Cc2ccccc2-c2cccnc2)CCN(C(=O)c2cccc(F)c2)C1. The van der Waals surface area contributed by atoms with E-state index in [9.17, 15) is 14.0 Å². The van der Waals surface area contributed by atoms with Crippen molar-refractivity contribution in [1.29, 1.82) is 0 Å². The Labute approximate surface area is 180 Å². The second-order valence-electron chi connectivity index (χ2n) is 7.92. The van der Waals surface area contributed by atoms with Crippen LogP contribution in [0.15, 0.2) is 73.1 Å². The molecule has 0 spiro atoms. The van der Waals surface area contributed by atoms with Crippen molar-refractivity contribution in [2.75, 3.05) is 20.1 Å². The molecule has 1 atom stereocenters. The normalized spacial score (nSPS) is 18.1. The first-order valence-electron chi connectivity index (χ1n) is 10.3. The third-order valence-corrected chi connectivity index (χ3v) is 5.94. The standard InChI is InChI=1S/C25H24FN3O2/c1-27-24(31)25(11-13-29(17-25)23(30)18-7-4-9-21(26)14-18)15-19-6-2-3-10-22(19)20-8-5-12-28-16-20/h2-10,12,14,16H,11,13,15,17H2,1H3,(H,27,31)/t25-/m0/s1. The van der Waals surface area contributed by atoms with Crippen molar-refractivity contribution in [3.05, 3.63) is 90.0 Å². The van der Waals surface area contributed by atoms with E-state index in [1.807, 2.05) is 36.4 Å². The molecule has 3 aromatic rings. The highest BCUT2D eigenvalue weighted by Gasteiger charge is 2.46. The van der Waals surface area contributed by atoms with E-state index in [1.165, 1.54) is 18.2 Å². The molecule has 31 heavy (non-hydrogen) atoms. The Kier molecular flexibility index (Phi) is 5.80. The van der Waals surface area contributed by atoms with Crippen molar-refractivity contribution >= 4 is 11.8 Å². The number of aromatic nitrogens is 1. The van der Waals surface area contributed by atoms with Crippen LogP contribution in [0.3, 0.4) is 0 Å². The van der Waals surface area contributed by atoms with Gasteiger partial charge in [0.25, 0.3) is 5.91 Å². The molecule has 2 aromatic carbocycles. The lowest BCUT2D eigenvalue weighted by Crippen LogP contribution is -2.44. The number of carbonyl (C=O) groups is 2. The van der Waals surface area contributed by atoms with E-state index in [4.69, 9.17) is 0 Å². The molecule has 0 aliphatic carbocycles. The summed E-state index contributed by atoms with van der Waals surface area (Å²) in [5.74, 6) is -0.804. The molecule has 1 N–H and O–H groups in total. The monoisotopic (exact) mass is 417 g/mol. The van der Waals surface area contributed by atoms with Crippen LogP contribution in [0.2, 0.25) is 0 Å². The number of carbonyl (C=O) groups excluding carboxylic acids is 2. The number of halogens is 1. The van der Waals surface area contributed by atoms with Crippen molar-refractivity contribution in [2.24, 2.45) is 5.41 Å². The first-order chi connectivity index (χ1) is 15.0. The van der Waals surface area contributed by atoms with E-state index in [1.54, 1.807) is 30.4 Å². The van der Waals surface area contributed by atoms with Gasteiger partial charge in [0, 0.05) is 43.7 Å². The fraction of sp³-hybridized carbons (Fsp3) is 0.240. The van der Waals surface area contributed by atoms with Crippen LogP contribution in [-0.4, -0.2) is 41.8 Å². The van der Waals surface area contributed by atoms with E-state index in [-0.39, 0.29) is 18.4 Å². The predicted octanol–water partition coefficient (Wildman–Crippen LogP) is 3.71. The Bertz CT molecular complexity index is 1100. The molecule has 0 bridgehead atoms. The summed E-state index contributed by atoms with van der Waals surface area (Å²) < 4.78 is 13.6. The Morgan fingerprint density at radius 2 is 1.97 bits per heavy atom. The minimum atomic E-state index is -0.754. The van der Waals surface area contributed by atoms with E-state index < -0.39 is 11.2 Å². The minimum Gasteiger partial charge on any atom is -0.359 e. The number of pyridine rings is 1. The van der Waals surface area contributed by atoms with Crippen LogP contribution in [0.4, 0.5) is 4.39 Å². The highest BCUT2D eigenvalue weighted by atomic mass is 19.1. The maximum atomic E-state index is 13.6. The Morgan fingerprint density at radius 3 is 2.71 bits per heavy atom. The van der Waals surface area contributed by atoms with Crippen LogP contribution in [0.25, 0.3) is 11.1 Å². The highest BCUT2D eigenvalue weighted by Crippen LogP contribution is 2.38. The second-order valence-corrected chi connectivity index (χ2v) is 7.92. The molecule has 1 aromatic heterocycles. The summed E-state index contributed by atoms with van der Waals surface area (Å²) in [5, 5.41) is 2.79. The number of benzene rings is 2. The molecule has 0 saturated carbocycles. The molecular formula is C25H24FN3O2. The van der Waals surface area contributed by atoms with Crippen LogP contribution in [0.5, 0.6) is 0 Å². The molecule has 5 nitrogen and oxygen atoms in total. The van der Waals surface area contributed by atoms with Gasteiger partial charge in [-0.05, 0) is 48.2 Å². The van der Waals surface area contributed by atoms with Crippen LogP contribution < -0.4 is 5.32 Å². The quantitative estimate of drug-likeness (QED) is 0.689. The Hall–Kier alpha value is -3.54. The topological polar surface area (TPSA) is 62.3 Å². The van der Waals surface area contributed by atoms with Crippen molar-refractivity contribution < 1.29 is 14.0 Å². The lowest BCUT2D eigenvalue weighted by atomic mass is 9.78. The zero-order chi connectivity index (χ0) is 21.8. The van der Waals surface area contributed by atoms with Gasteiger partial charge in [-0.3, -0.25) is 14.6 Å². The molecule has 2 amide bonds. The molecule has 1 aliphatic heterocycles. The average molecular weight is 417 g/mol. The second kappa shape index (κ2) is 8.68. The van der Waals surface area contributed by atoms with E-state index in [0.29, 0.717) is 24.9 Å². The summed E-state index contributed by atoms with van der Waals surface area (Å²) in [6.07, 6.45) is 4.56. The molecule has 158 valence electrons. The smallest absolute Gasteiger partial charge is 0.253 e. The van der Waals surface area contributed by atoms with Crippen molar-refractivity contribution in [2.45, 2.75) is 12.8 Å². The minimum absolute atomic E-state index is 0.0944. The maximum absolute atomic E-state index is 13.6. The molecule has 0 unspecified atom stereocenters. The lowest BCUT2D eigenvalue weighted by Gasteiger charge is -2.28. The summed E-state index contributed by atoms with van der Waals surface area (Å²) in [6.45, 7) is 0.723. The van der Waals surface area contributed by atoms with E-state index >= 15 is 0 Å². The number of hydrogen-bond donors (Lipinski definition) is 1. The molecule has 1 aliphatic rings. The van der Waals surface area contributed by atoms with Crippen LogP contribution in [-0.2, 0) is 11.2 Å². The maximum Gasteiger partial charge on any atom is 0.253 e. The summed E-state index contributed by atoms with van der Waals surface area (Å²) in [5.41, 5.74) is 2.57. The van der Waals surface area contributed by atoms with E-state index in [0.717, 1.165) is 16.7 Å². The highest BCUT2D eigenvalue weighted by molar-refractivity contribution is 5.95. The molecular weight excluding hydrogens is 393 g/mol. The zero-order valence-corrected chi connectivity index (χ0v) is 17.3. The molecule has 4 rings (SSSR count). The molecule has 0 radical (unpaired) electrons. The number of rotatable bonds is 5. The van der Waals surface area contributed by atoms with Gasteiger partial charge in [-0.25, -0.2) is 4.39 Å². The average Bonchev–Trinajstić information content (AvgIpc) is 3.24. The molecule has 2 heterocycles. The molecule has 6 heteroatoms. The lowest BCUT2D eigenvalue weighted by molar-refractivity contribution is -0.129. The van der Waals surface area contributed by atoms with Gasteiger partial charge in [-0.15, -0.1) is 0 Å². The number of nitrogens with one attached hydrogen (secondary N) is 1. The van der Waals surface area contributed by atoms with Crippen molar-refractivity contribution in [3.8, 4) is 11.1 Å².